The normalized spacial score (nSPS) is 22.2. The molecule has 106 valence electrons. The van der Waals surface area contributed by atoms with Crippen LogP contribution in [0.15, 0.2) is 22.7 Å². The molecule has 1 aromatic carbocycles. The van der Waals surface area contributed by atoms with Crippen LogP contribution in [0.2, 0.25) is 0 Å². The molecule has 1 saturated heterocycles. The number of hydrogen-bond acceptors (Lipinski definition) is 3. The van der Waals surface area contributed by atoms with E-state index in [2.05, 4.69) is 27.9 Å². The van der Waals surface area contributed by atoms with E-state index in [9.17, 15) is 0 Å². The van der Waals surface area contributed by atoms with Gasteiger partial charge in [0.1, 0.15) is 12.4 Å². The fraction of sp³-hybridized carbons (Fsp3) is 0.600. The smallest absolute Gasteiger partial charge is 0.133 e. The summed E-state index contributed by atoms with van der Waals surface area (Å²) in [6.07, 6.45) is 3.84. The van der Waals surface area contributed by atoms with Gasteiger partial charge in [-0.15, -0.1) is 0 Å². The average molecular weight is 327 g/mol. The molecule has 1 heterocycles. The van der Waals surface area contributed by atoms with E-state index in [1.807, 2.05) is 25.1 Å². The van der Waals surface area contributed by atoms with E-state index in [1.54, 1.807) is 0 Å². The third kappa shape index (κ3) is 3.94. The van der Waals surface area contributed by atoms with E-state index in [-0.39, 0.29) is 6.04 Å². The van der Waals surface area contributed by atoms with Gasteiger partial charge in [0.05, 0.1) is 4.47 Å². The molecule has 0 aliphatic carbocycles. The number of hydrogen-bond donors (Lipinski definition) is 1. The van der Waals surface area contributed by atoms with E-state index in [0.29, 0.717) is 6.04 Å². The third-order valence-corrected chi connectivity index (χ3v) is 4.45. The van der Waals surface area contributed by atoms with Crippen molar-refractivity contribution in [2.75, 3.05) is 20.2 Å². The Kier molecular flexibility index (Phi) is 5.25. The van der Waals surface area contributed by atoms with Gasteiger partial charge in [-0.05, 0) is 67.0 Å². The maximum atomic E-state index is 5.95. The van der Waals surface area contributed by atoms with Gasteiger partial charge in [-0.1, -0.05) is 12.5 Å². The summed E-state index contributed by atoms with van der Waals surface area (Å²) in [6, 6.07) is 6.68. The molecule has 1 aliphatic rings. The fourth-order valence-electron chi connectivity index (χ4n) is 2.46. The minimum absolute atomic E-state index is 0.0508. The van der Waals surface area contributed by atoms with E-state index < -0.39 is 0 Å². The summed E-state index contributed by atoms with van der Waals surface area (Å²) >= 11 is 3.56. The van der Waals surface area contributed by atoms with Crippen molar-refractivity contribution in [3.63, 3.8) is 0 Å². The van der Waals surface area contributed by atoms with Crippen molar-refractivity contribution in [2.24, 2.45) is 5.73 Å². The SMILES string of the molecule is C[C@@H](N)c1ccc(OCC2CCCCN2C)c(Br)c1. The molecule has 2 N–H and O–H groups in total. The van der Waals surface area contributed by atoms with E-state index >= 15 is 0 Å². The van der Waals surface area contributed by atoms with Crippen molar-refractivity contribution in [2.45, 2.75) is 38.3 Å². The fourth-order valence-corrected chi connectivity index (χ4v) is 2.97. The van der Waals surface area contributed by atoms with Crippen molar-refractivity contribution in [3.8, 4) is 5.75 Å². The zero-order valence-electron chi connectivity index (χ0n) is 11.7. The molecule has 1 unspecified atom stereocenters. The van der Waals surface area contributed by atoms with Crippen LogP contribution in [0.5, 0.6) is 5.75 Å². The lowest BCUT2D eigenvalue weighted by atomic mass is 10.0. The number of piperidine rings is 1. The maximum Gasteiger partial charge on any atom is 0.133 e. The van der Waals surface area contributed by atoms with E-state index in [4.69, 9.17) is 10.5 Å². The monoisotopic (exact) mass is 326 g/mol. The predicted octanol–water partition coefficient (Wildman–Crippen LogP) is 3.33. The van der Waals surface area contributed by atoms with Crippen molar-refractivity contribution in [1.29, 1.82) is 0 Å². The lowest BCUT2D eigenvalue weighted by molar-refractivity contribution is 0.124. The first kappa shape index (κ1) is 14.8. The number of nitrogens with zero attached hydrogens (tertiary/aromatic N) is 1. The van der Waals surface area contributed by atoms with Crippen LogP contribution >= 0.6 is 15.9 Å². The van der Waals surface area contributed by atoms with Gasteiger partial charge in [-0.2, -0.15) is 0 Å². The highest BCUT2D eigenvalue weighted by atomic mass is 79.9. The lowest BCUT2D eigenvalue weighted by Crippen LogP contribution is -2.40. The molecular weight excluding hydrogens is 304 g/mol. The Balaban J connectivity index is 1.95. The average Bonchev–Trinajstić information content (AvgIpc) is 2.39. The van der Waals surface area contributed by atoms with Gasteiger partial charge in [0.25, 0.3) is 0 Å². The molecule has 0 aromatic heterocycles. The Morgan fingerprint density at radius 2 is 2.26 bits per heavy atom. The zero-order valence-corrected chi connectivity index (χ0v) is 13.3. The summed E-state index contributed by atoms with van der Waals surface area (Å²) < 4.78 is 6.94. The summed E-state index contributed by atoms with van der Waals surface area (Å²) in [5, 5.41) is 0. The first-order valence-corrected chi connectivity index (χ1v) is 7.75. The number of rotatable bonds is 4. The van der Waals surface area contributed by atoms with Crippen LogP contribution in [0, 0.1) is 0 Å². The lowest BCUT2D eigenvalue weighted by Gasteiger charge is -2.32. The summed E-state index contributed by atoms with van der Waals surface area (Å²) in [5.74, 6) is 0.906. The molecule has 3 nitrogen and oxygen atoms in total. The van der Waals surface area contributed by atoms with Crippen molar-refractivity contribution in [1.82, 2.24) is 4.90 Å². The van der Waals surface area contributed by atoms with Crippen LogP contribution < -0.4 is 10.5 Å². The zero-order chi connectivity index (χ0) is 13.8. The molecule has 0 spiro atoms. The second-order valence-corrected chi connectivity index (χ2v) is 6.27. The molecule has 2 rings (SSSR count). The summed E-state index contributed by atoms with van der Waals surface area (Å²) in [7, 11) is 2.18. The van der Waals surface area contributed by atoms with Crippen LogP contribution in [0.4, 0.5) is 0 Å². The van der Waals surface area contributed by atoms with Gasteiger partial charge in [-0.3, -0.25) is 0 Å². The van der Waals surface area contributed by atoms with Gasteiger partial charge in [-0.25, -0.2) is 0 Å². The number of likely N-dealkylation sites (N-methyl/N-ethyl adjacent to an activating group) is 1. The minimum Gasteiger partial charge on any atom is -0.491 e. The van der Waals surface area contributed by atoms with Gasteiger partial charge in [0.15, 0.2) is 0 Å². The van der Waals surface area contributed by atoms with Crippen molar-refractivity contribution < 1.29 is 4.74 Å². The molecule has 0 radical (unpaired) electrons. The molecular formula is C15H23BrN2O. The molecule has 19 heavy (non-hydrogen) atoms. The van der Waals surface area contributed by atoms with Crippen LogP contribution in [0.3, 0.4) is 0 Å². The van der Waals surface area contributed by atoms with Gasteiger partial charge < -0.3 is 15.4 Å². The van der Waals surface area contributed by atoms with Gasteiger partial charge in [0.2, 0.25) is 0 Å². The third-order valence-electron chi connectivity index (χ3n) is 3.83. The van der Waals surface area contributed by atoms with E-state index in [0.717, 1.165) is 22.4 Å². The largest absolute Gasteiger partial charge is 0.491 e. The van der Waals surface area contributed by atoms with Crippen molar-refractivity contribution >= 4 is 15.9 Å². The van der Waals surface area contributed by atoms with Crippen LogP contribution in [0.25, 0.3) is 0 Å². The standard InChI is InChI=1S/C15H23BrN2O/c1-11(17)12-6-7-15(14(16)9-12)19-10-13-5-3-4-8-18(13)2/h6-7,9,11,13H,3-5,8,10,17H2,1-2H3/t11-,13?/m1/s1. The first-order chi connectivity index (χ1) is 9.08. The first-order valence-electron chi connectivity index (χ1n) is 6.96. The minimum atomic E-state index is 0.0508. The Labute approximate surface area is 124 Å². The van der Waals surface area contributed by atoms with Crippen LogP contribution in [-0.2, 0) is 0 Å². The van der Waals surface area contributed by atoms with Crippen molar-refractivity contribution in [3.05, 3.63) is 28.2 Å². The number of likely N-dealkylation sites (tertiary alicyclic amines) is 1. The quantitative estimate of drug-likeness (QED) is 0.922. The van der Waals surface area contributed by atoms with Crippen LogP contribution in [0.1, 0.15) is 37.8 Å². The Morgan fingerprint density at radius 1 is 1.47 bits per heavy atom. The number of ether oxygens (including phenoxy) is 1. The Bertz CT molecular complexity index is 423. The van der Waals surface area contributed by atoms with Gasteiger partial charge >= 0.3 is 0 Å². The summed E-state index contributed by atoms with van der Waals surface area (Å²) in [6.45, 7) is 3.92. The molecule has 0 amide bonds. The second kappa shape index (κ2) is 6.73. The highest BCUT2D eigenvalue weighted by Gasteiger charge is 2.19. The molecule has 0 saturated carbocycles. The molecule has 1 aromatic rings. The predicted molar refractivity (Wildman–Crippen MR) is 82.5 cm³/mol. The second-order valence-electron chi connectivity index (χ2n) is 5.42. The highest BCUT2D eigenvalue weighted by molar-refractivity contribution is 9.10. The Morgan fingerprint density at radius 3 is 2.89 bits per heavy atom. The highest BCUT2D eigenvalue weighted by Crippen LogP contribution is 2.28. The van der Waals surface area contributed by atoms with E-state index in [1.165, 1.54) is 25.8 Å². The molecule has 0 bridgehead atoms. The molecule has 1 fully saturated rings. The maximum absolute atomic E-state index is 5.95. The van der Waals surface area contributed by atoms with Crippen LogP contribution in [-0.4, -0.2) is 31.1 Å². The molecule has 1 aliphatic heterocycles. The molecule has 4 heteroatoms. The molecule has 2 atom stereocenters. The number of nitrogens with two attached hydrogens (primary N) is 1. The Hall–Kier alpha value is -0.580. The number of benzene rings is 1. The summed E-state index contributed by atoms with van der Waals surface area (Å²) in [4.78, 5) is 2.40. The number of halogens is 1. The summed E-state index contributed by atoms with van der Waals surface area (Å²) in [5.41, 5.74) is 6.99. The van der Waals surface area contributed by atoms with Gasteiger partial charge in [0, 0.05) is 12.1 Å². The topological polar surface area (TPSA) is 38.5 Å².